The lowest BCUT2D eigenvalue weighted by molar-refractivity contribution is -0.148. The molecule has 0 aromatic rings. The summed E-state index contributed by atoms with van der Waals surface area (Å²) in [5.41, 5.74) is 5.63. The van der Waals surface area contributed by atoms with E-state index in [1.54, 1.807) is 4.90 Å². The number of alkyl halides is 3. The third-order valence-electron chi connectivity index (χ3n) is 4.24. The molecule has 0 heterocycles. The van der Waals surface area contributed by atoms with E-state index in [0.717, 1.165) is 45.1 Å². The first kappa shape index (κ1) is 14.1. The molecule has 0 amide bonds. The molecule has 18 heavy (non-hydrogen) atoms. The van der Waals surface area contributed by atoms with E-state index in [9.17, 15) is 13.2 Å². The Kier molecular flexibility index (Phi) is 4.54. The fraction of sp³-hybridized carbons (Fsp3) is 1.00. The fourth-order valence-electron chi connectivity index (χ4n) is 2.99. The van der Waals surface area contributed by atoms with Crippen molar-refractivity contribution in [3.8, 4) is 0 Å². The van der Waals surface area contributed by atoms with Crippen LogP contribution in [0, 0.1) is 11.8 Å². The molecule has 0 bridgehead atoms. The Hall–Kier alpha value is -0.290. The molecule has 0 aliphatic heterocycles. The van der Waals surface area contributed by atoms with Crippen LogP contribution in [0.5, 0.6) is 0 Å². The number of nitrogens with zero attached hydrogens (tertiary/aromatic N) is 1. The molecule has 0 radical (unpaired) electrons. The van der Waals surface area contributed by atoms with Crippen molar-refractivity contribution in [3.05, 3.63) is 0 Å². The van der Waals surface area contributed by atoms with Gasteiger partial charge in [-0.1, -0.05) is 0 Å². The molecule has 2 N–H and O–H groups in total. The molecule has 0 unspecified atom stereocenters. The molecule has 0 spiro atoms. The Morgan fingerprint density at radius 3 is 1.94 bits per heavy atom. The number of halogens is 3. The minimum atomic E-state index is -4.06. The van der Waals surface area contributed by atoms with Gasteiger partial charge < -0.3 is 5.73 Å². The Balaban J connectivity index is 1.79. The summed E-state index contributed by atoms with van der Waals surface area (Å²) in [5.74, 6) is 1.04. The van der Waals surface area contributed by atoms with Crippen molar-refractivity contribution in [2.45, 2.75) is 50.7 Å². The van der Waals surface area contributed by atoms with E-state index in [-0.39, 0.29) is 6.04 Å². The standard InChI is InChI=1S/C13H23F3N2/c14-13(15,16)9-18(12-5-6-12)8-11-3-1-10(7-17)2-4-11/h10-12H,1-9,17H2. The minimum Gasteiger partial charge on any atom is -0.330 e. The van der Waals surface area contributed by atoms with E-state index in [0.29, 0.717) is 18.4 Å². The number of hydrogen-bond acceptors (Lipinski definition) is 2. The summed E-state index contributed by atoms with van der Waals surface area (Å²) < 4.78 is 37.5. The first-order valence-electron chi connectivity index (χ1n) is 6.99. The van der Waals surface area contributed by atoms with Gasteiger partial charge in [0.1, 0.15) is 0 Å². The van der Waals surface area contributed by atoms with Gasteiger partial charge in [-0.2, -0.15) is 13.2 Å². The van der Waals surface area contributed by atoms with E-state index in [2.05, 4.69) is 0 Å². The Labute approximate surface area is 107 Å². The van der Waals surface area contributed by atoms with Crippen molar-refractivity contribution in [2.75, 3.05) is 19.6 Å². The van der Waals surface area contributed by atoms with Crippen molar-refractivity contribution in [1.82, 2.24) is 4.90 Å². The van der Waals surface area contributed by atoms with Crippen LogP contribution in [-0.4, -0.2) is 36.8 Å². The van der Waals surface area contributed by atoms with Crippen LogP contribution < -0.4 is 5.73 Å². The van der Waals surface area contributed by atoms with Gasteiger partial charge >= 0.3 is 6.18 Å². The van der Waals surface area contributed by atoms with Gasteiger partial charge in [-0.15, -0.1) is 0 Å². The zero-order valence-corrected chi connectivity index (χ0v) is 10.8. The van der Waals surface area contributed by atoms with Crippen LogP contribution in [-0.2, 0) is 0 Å². The van der Waals surface area contributed by atoms with E-state index >= 15 is 0 Å². The number of nitrogens with two attached hydrogens (primary N) is 1. The van der Waals surface area contributed by atoms with E-state index < -0.39 is 12.7 Å². The summed E-state index contributed by atoms with van der Waals surface area (Å²) in [6.07, 6.45) is 2.09. The molecule has 0 aromatic heterocycles. The van der Waals surface area contributed by atoms with E-state index in [1.165, 1.54) is 0 Å². The van der Waals surface area contributed by atoms with Crippen LogP contribution in [0.3, 0.4) is 0 Å². The molecular weight excluding hydrogens is 241 g/mol. The maximum absolute atomic E-state index is 12.5. The first-order valence-corrected chi connectivity index (χ1v) is 6.99. The fourth-order valence-corrected chi connectivity index (χ4v) is 2.99. The Morgan fingerprint density at radius 1 is 0.944 bits per heavy atom. The zero-order chi connectivity index (χ0) is 13.2. The van der Waals surface area contributed by atoms with Gasteiger partial charge in [-0.05, 0) is 56.9 Å². The topological polar surface area (TPSA) is 29.3 Å². The normalized spacial score (nSPS) is 29.8. The van der Waals surface area contributed by atoms with Crippen LogP contribution in [0.2, 0.25) is 0 Å². The highest BCUT2D eigenvalue weighted by Gasteiger charge is 2.39. The first-order chi connectivity index (χ1) is 8.48. The van der Waals surface area contributed by atoms with Gasteiger partial charge in [0.05, 0.1) is 6.54 Å². The highest BCUT2D eigenvalue weighted by molar-refractivity contribution is 4.87. The van der Waals surface area contributed by atoms with Crippen molar-refractivity contribution in [2.24, 2.45) is 17.6 Å². The molecule has 0 atom stereocenters. The van der Waals surface area contributed by atoms with E-state index in [1.807, 2.05) is 0 Å². The van der Waals surface area contributed by atoms with Gasteiger partial charge in [0.15, 0.2) is 0 Å². The molecule has 0 saturated heterocycles. The summed E-state index contributed by atoms with van der Waals surface area (Å²) in [7, 11) is 0. The third kappa shape index (κ3) is 4.43. The second-order valence-corrected chi connectivity index (χ2v) is 5.90. The molecular formula is C13H23F3N2. The molecule has 2 fully saturated rings. The van der Waals surface area contributed by atoms with E-state index in [4.69, 9.17) is 5.73 Å². The summed E-state index contributed by atoms with van der Waals surface area (Å²) in [6, 6.07) is 0.193. The average molecular weight is 264 g/mol. The number of rotatable bonds is 5. The average Bonchev–Trinajstić information content (AvgIpc) is 3.11. The van der Waals surface area contributed by atoms with Crippen LogP contribution in [0.4, 0.5) is 13.2 Å². The van der Waals surface area contributed by atoms with Crippen molar-refractivity contribution < 1.29 is 13.2 Å². The van der Waals surface area contributed by atoms with Crippen molar-refractivity contribution >= 4 is 0 Å². The minimum absolute atomic E-state index is 0.193. The summed E-state index contributed by atoms with van der Waals surface area (Å²) >= 11 is 0. The van der Waals surface area contributed by atoms with Gasteiger partial charge in [0.25, 0.3) is 0 Å². The predicted molar refractivity (Wildman–Crippen MR) is 65.2 cm³/mol. The molecule has 2 saturated carbocycles. The molecule has 106 valence electrons. The second-order valence-electron chi connectivity index (χ2n) is 5.90. The zero-order valence-electron chi connectivity index (χ0n) is 10.8. The SMILES string of the molecule is NCC1CCC(CN(CC(F)(F)F)C2CC2)CC1. The van der Waals surface area contributed by atoms with Crippen LogP contribution in [0.1, 0.15) is 38.5 Å². The molecule has 2 nitrogen and oxygen atoms in total. The predicted octanol–water partition coefficient (Wildman–Crippen LogP) is 2.78. The molecule has 2 aliphatic carbocycles. The highest BCUT2D eigenvalue weighted by atomic mass is 19.4. The molecule has 2 aliphatic rings. The van der Waals surface area contributed by atoms with Crippen molar-refractivity contribution in [3.63, 3.8) is 0 Å². The maximum Gasteiger partial charge on any atom is 0.401 e. The van der Waals surface area contributed by atoms with Crippen LogP contribution >= 0.6 is 0 Å². The second kappa shape index (κ2) is 5.78. The molecule has 5 heteroatoms. The molecule has 0 aromatic carbocycles. The van der Waals surface area contributed by atoms with Gasteiger partial charge in [0, 0.05) is 12.6 Å². The smallest absolute Gasteiger partial charge is 0.330 e. The summed E-state index contributed by atoms with van der Waals surface area (Å²) in [5, 5.41) is 0. The van der Waals surface area contributed by atoms with Crippen LogP contribution in [0.15, 0.2) is 0 Å². The third-order valence-corrected chi connectivity index (χ3v) is 4.24. The monoisotopic (exact) mass is 264 g/mol. The molecule has 2 rings (SSSR count). The van der Waals surface area contributed by atoms with Crippen LogP contribution in [0.25, 0.3) is 0 Å². The highest BCUT2D eigenvalue weighted by Crippen LogP contribution is 2.34. The van der Waals surface area contributed by atoms with Gasteiger partial charge in [-0.3, -0.25) is 4.90 Å². The quantitative estimate of drug-likeness (QED) is 0.827. The Bertz CT molecular complexity index is 255. The maximum atomic E-state index is 12.5. The summed E-state index contributed by atoms with van der Waals surface area (Å²) in [6.45, 7) is 0.623. The van der Waals surface area contributed by atoms with Gasteiger partial charge in [0.2, 0.25) is 0 Å². The lowest BCUT2D eigenvalue weighted by Crippen LogP contribution is -2.40. The Morgan fingerprint density at radius 2 is 1.50 bits per heavy atom. The number of hydrogen-bond donors (Lipinski definition) is 1. The summed E-state index contributed by atoms with van der Waals surface area (Å²) in [4.78, 5) is 1.66. The lowest BCUT2D eigenvalue weighted by atomic mass is 9.82. The lowest BCUT2D eigenvalue weighted by Gasteiger charge is -2.32. The van der Waals surface area contributed by atoms with Gasteiger partial charge in [-0.25, -0.2) is 0 Å². The van der Waals surface area contributed by atoms with Crippen molar-refractivity contribution in [1.29, 1.82) is 0 Å². The largest absolute Gasteiger partial charge is 0.401 e.